The molecule has 0 bridgehead atoms. The number of carbonyl (C=O) groups is 1. The van der Waals surface area contributed by atoms with Gasteiger partial charge < -0.3 is 9.69 Å². The number of aldehydes is 1. The van der Waals surface area contributed by atoms with Crippen LogP contribution in [0.5, 0.6) is 0 Å². The molecule has 2 aliphatic rings. The lowest BCUT2D eigenvalue weighted by Crippen LogP contribution is -2.41. The van der Waals surface area contributed by atoms with Crippen LogP contribution in [0.4, 0.5) is 0 Å². The summed E-state index contributed by atoms with van der Waals surface area (Å²) in [6.45, 7) is 0. The molecule has 0 amide bonds. The number of pyridine rings is 1. The SMILES string of the molecule is O=CC1C(Br)=CC(c2ccccn2)=CN1C1CCCC1. The van der Waals surface area contributed by atoms with E-state index in [2.05, 4.69) is 32.0 Å². The molecule has 3 nitrogen and oxygen atoms in total. The molecule has 0 spiro atoms. The number of allylic oxidation sites excluding steroid dienone is 2. The summed E-state index contributed by atoms with van der Waals surface area (Å²) in [5.74, 6) is 0. The highest BCUT2D eigenvalue weighted by Crippen LogP contribution is 2.34. The van der Waals surface area contributed by atoms with Gasteiger partial charge in [-0.3, -0.25) is 4.98 Å². The van der Waals surface area contributed by atoms with Crippen LogP contribution >= 0.6 is 15.9 Å². The Kier molecular flexibility index (Phi) is 4.01. The maximum absolute atomic E-state index is 11.4. The van der Waals surface area contributed by atoms with Crippen LogP contribution in [0.1, 0.15) is 31.4 Å². The molecule has 0 N–H and O–H groups in total. The minimum absolute atomic E-state index is 0.189. The summed E-state index contributed by atoms with van der Waals surface area (Å²) in [6.07, 6.45) is 11.7. The Morgan fingerprint density at radius 3 is 2.75 bits per heavy atom. The van der Waals surface area contributed by atoms with E-state index in [0.717, 1.165) is 34.9 Å². The Morgan fingerprint density at radius 2 is 2.10 bits per heavy atom. The largest absolute Gasteiger partial charge is 0.360 e. The first-order valence-electron chi connectivity index (χ1n) is 7.02. The molecular weight excluding hydrogens is 316 g/mol. The van der Waals surface area contributed by atoms with E-state index >= 15 is 0 Å². The number of hydrogen-bond acceptors (Lipinski definition) is 3. The zero-order chi connectivity index (χ0) is 13.9. The molecule has 1 fully saturated rings. The van der Waals surface area contributed by atoms with E-state index in [-0.39, 0.29) is 6.04 Å². The Hall–Kier alpha value is -1.42. The molecule has 1 aliphatic heterocycles. The van der Waals surface area contributed by atoms with Gasteiger partial charge >= 0.3 is 0 Å². The Balaban J connectivity index is 1.96. The first kappa shape index (κ1) is 13.6. The average Bonchev–Trinajstić information content (AvgIpc) is 3.01. The van der Waals surface area contributed by atoms with Crippen molar-refractivity contribution in [2.75, 3.05) is 0 Å². The number of carbonyl (C=O) groups excluding carboxylic acids is 1. The van der Waals surface area contributed by atoms with Crippen molar-refractivity contribution in [1.82, 2.24) is 9.88 Å². The monoisotopic (exact) mass is 332 g/mol. The molecule has 1 saturated carbocycles. The van der Waals surface area contributed by atoms with E-state index in [9.17, 15) is 4.79 Å². The number of aromatic nitrogens is 1. The molecule has 0 radical (unpaired) electrons. The van der Waals surface area contributed by atoms with Crippen molar-refractivity contribution in [3.8, 4) is 0 Å². The second kappa shape index (κ2) is 5.92. The number of hydrogen-bond donors (Lipinski definition) is 0. The second-order valence-corrected chi connectivity index (χ2v) is 6.21. The van der Waals surface area contributed by atoms with E-state index in [1.165, 1.54) is 12.8 Å². The Morgan fingerprint density at radius 1 is 1.30 bits per heavy atom. The van der Waals surface area contributed by atoms with E-state index in [4.69, 9.17) is 0 Å². The fourth-order valence-corrected chi connectivity index (χ4v) is 3.59. The minimum Gasteiger partial charge on any atom is -0.360 e. The highest BCUT2D eigenvalue weighted by atomic mass is 79.9. The highest BCUT2D eigenvalue weighted by Gasteiger charge is 2.30. The minimum atomic E-state index is -0.189. The van der Waals surface area contributed by atoms with Crippen LogP contribution in [0.2, 0.25) is 0 Å². The number of nitrogens with zero attached hydrogens (tertiary/aromatic N) is 2. The van der Waals surface area contributed by atoms with Gasteiger partial charge in [0.25, 0.3) is 0 Å². The van der Waals surface area contributed by atoms with Crippen LogP contribution in [0, 0.1) is 0 Å². The summed E-state index contributed by atoms with van der Waals surface area (Å²) in [7, 11) is 0. The standard InChI is InChI=1S/C16H17BrN2O/c17-14-9-12(15-7-3-4-8-18-15)10-19(16(14)11-20)13-5-1-2-6-13/h3-4,7-11,13,16H,1-2,5-6H2. The first-order valence-corrected chi connectivity index (χ1v) is 7.82. The van der Waals surface area contributed by atoms with Gasteiger partial charge in [0, 0.05) is 28.5 Å². The van der Waals surface area contributed by atoms with Crippen molar-refractivity contribution in [2.24, 2.45) is 0 Å². The molecule has 1 aromatic rings. The van der Waals surface area contributed by atoms with Gasteiger partial charge in [-0.1, -0.05) is 34.8 Å². The lowest BCUT2D eigenvalue weighted by molar-refractivity contribution is -0.111. The molecule has 20 heavy (non-hydrogen) atoms. The van der Waals surface area contributed by atoms with E-state index in [0.29, 0.717) is 6.04 Å². The van der Waals surface area contributed by atoms with Crippen LogP contribution in [-0.4, -0.2) is 28.3 Å². The van der Waals surface area contributed by atoms with Crippen molar-refractivity contribution < 1.29 is 4.79 Å². The quantitative estimate of drug-likeness (QED) is 0.794. The van der Waals surface area contributed by atoms with E-state index < -0.39 is 0 Å². The zero-order valence-electron chi connectivity index (χ0n) is 11.2. The zero-order valence-corrected chi connectivity index (χ0v) is 12.8. The Labute approximate surface area is 127 Å². The van der Waals surface area contributed by atoms with Crippen molar-refractivity contribution in [3.05, 3.63) is 46.8 Å². The van der Waals surface area contributed by atoms with Crippen molar-refractivity contribution >= 4 is 27.8 Å². The number of halogens is 1. The molecule has 4 heteroatoms. The maximum Gasteiger partial charge on any atom is 0.147 e. The van der Waals surface area contributed by atoms with Crippen molar-refractivity contribution in [1.29, 1.82) is 0 Å². The topological polar surface area (TPSA) is 33.2 Å². The molecule has 2 heterocycles. The normalized spacial score (nSPS) is 23.4. The van der Waals surface area contributed by atoms with Crippen molar-refractivity contribution in [3.63, 3.8) is 0 Å². The van der Waals surface area contributed by atoms with Gasteiger partial charge in [0.05, 0.1) is 5.69 Å². The molecule has 1 aromatic heterocycles. The fourth-order valence-electron chi connectivity index (χ4n) is 3.00. The summed E-state index contributed by atoms with van der Waals surface area (Å²) >= 11 is 3.56. The van der Waals surface area contributed by atoms with E-state index in [1.807, 2.05) is 24.3 Å². The molecule has 3 rings (SSSR count). The molecule has 1 atom stereocenters. The summed E-state index contributed by atoms with van der Waals surface area (Å²) in [4.78, 5) is 18.0. The highest BCUT2D eigenvalue weighted by molar-refractivity contribution is 9.11. The summed E-state index contributed by atoms with van der Waals surface area (Å²) in [6, 6.07) is 6.16. The van der Waals surface area contributed by atoms with Gasteiger partial charge in [-0.15, -0.1) is 0 Å². The van der Waals surface area contributed by atoms with Gasteiger partial charge in [0.1, 0.15) is 12.3 Å². The third kappa shape index (κ3) is 2.57. The predicted octanol–water partition coefficient (Wildman–Crippen LogP) is 3.53. The molecule has 1 aliphatic carbocycles. The average molecular weight is 333 g/mol. The van der Waals surface area contributed by atoms with Gasteiger partial charge in [-0.05, 0) is 31.1 Å². The van der Waals surface area contributed by atoms with Crippen LogP contribution in [0.25, 0.3) is 5.57 Å². The maximum atomic E-state index is 11.4. The lowest BCUT2D eigenvalue weighted by atomic mass is 10.0. The fraction of sp³-hybridized carbons (Fsp3) is 0.375. The van der Waals surface area contributed by atoms with Crippen LogP contribution in [0.15, 0.2) is 41.2 Å². The first-order chi connectivity index (χ1) is 9.79. The van der Waals surface area contributed by atoms with Gasteiger partial charge in [-0.25, -0.2) is 0 Å². The summed E-state index contributed by atoms with van der Waals surface area (Å²) in [5, 5.41) is 0. The van der Waals surface area contributed by atoms with Gasteiger partial charge in [0.15, 0.2) is 0 Å². The van der Waals surface area contributed by atoms with Crippen molar-refractivity contribution in [2.45, 2.75) is 37.8 Å². The van der Waals surface area contributed by atoms with Crippen LogP contribution in [-0.2, 0) is 4.79 Å². The molecule has 1 unspecified atom stereocenters. The lowest BCUT2D eigenvalue weighted by Gasteiger charge is -2.35. The summed E-state index contributed by atoms with van der Waals surface area (Å²) < 4.78 is 0.919. The summed E-state index contributed by atoms with van der Waals surface area (Å²) in [5.41, 5.74) is 2.00. The smallest absolute Gasteiger partial charge is 0.147 e. The van der Waals surface area contributed by atoms with Gasteiger partial charge in [0.2, 0.25) is 0 Å². The van der Waals surface area contributed by atoms with E-state index in [1.54, 1.807) is 6.20 Å². The third-order valence-electron chi connectivity index (χ3n) is 4.02. The third-order valence-corrected chi connectivity index (χ3v) is 4.72. The number of rotatable bonds is 3. The van der Waals surface area contributed by atoms with Gasteiger partial charge in [-0.2, -0.15) is 0 Å². The molecule has 0 saturated heterocycles. The molecule has 0 aromatic carbocycles. The van der Waals surface area contributed by atoms with Crippen LogP contribution in [0.3, 0.4) is 0 Å². The molecular formula is C16H17BrN2O. The predicted molar refractivity (Wildman–Crippen MR) is 83.2 cm³/mol. The Bertz CT molecular complexity index is 547. The second-order valence-electron chi connectivity index (χ2n) is 5.30. The van der Waals surface area contributed by atoms with Crippen LogP contribution < -0.4 is 0 Å². The molecule has 104 valence electrons.